The third-order valence-corrected chi connectivity index (χ3v) is 4.30. The summed E-state index contributed by atoms with van der Waals surface area (Å²) in [6.45, 7) is 4.43. The van der Waals surface area contributed by atoms with Crippen molar-refractivity contribution in [1.29, 1.82) is 0 Å². The Hall–Kier alpha value is -2.17. The van der Waals surface area contributed by atoms with Gasteiger partial charge in [-0.1, -0.05) is 26.0 Å². The van der Waals surface area contributed by atoms with Gasteiger partial charge in [-0.25, -0.2) is 4.39 Å². The molecule has 1 aromatic carbocycles. The van der Waals surface area contributed by atoms with E-state index in [0.717, 1.165) is 19.3 Å². The van der Waals surface area contributed by atoms with Crippen molar-refractivity contribution in [2.45, 2.75) is 39.2 Å². The third-order valence-electron chi connectivity index (χ3n) is 4.30. The lowest BCUT2D eigenvalue weighted by molar-refractivity contribution is 0.0936. The average molecular weight is 301 g/mol. The highest BCUT2D eigenvalue weighted by molar-refractivity contribution is 5.99. The van der Waals surface area contributed by atoms with E-state index in [1.807, 2.05) is 0 Å². The van der Waals surface area contributed by atoms with Crippen molar-refractivity contribution in [3.05, 3.63) is 41.8 Å². The summed E-state index contributed by atoms with van der Waals surface area (Å²) < 4.78 is 13.4. The molecule has 3 rings (SSSR count). The molecule has 1 aromatic heterocycles. The average Bonchev–Trinajstić information content (AvgIpc) is 3.05. The lowest BCUT2D eigenvalue weighted by Gasteiger charge is -2.17. The highest BCUT2D eigenvalue weighted by Gasteiger charge is 2.32. The minimum absolute atomic E-state index is 0.157. The number of amides is 1. The Labute approximate surface area is 129 Å². The fraction of sp³-hybridized carbons (Fsp3) is 0.412. The van der Waals surface area contributed by atoms with Crippen LogP contribution in [0.4, 0.5) is 4.39 Å². The molecular weight excluding hydrogens is 281 g/mol. The highest BCUT2D eigenvalue weighted by atomic mass is 19.1. The van der Waals surface area contributed by atoms with E-state index in [0.29, 0.717) is 16.8 Å². The summed E-state index contributed by atoms with van der Waals surface area (Å²) >= 11 is 0. The minimum atomic E-state index is -0.337. The quantitative estimate of drug-likeness (QED) is 0.911. The Morgan fingerprint density at radius 2 is 2.27 bits per heavy atom. The molecule has 22 heavy (non-hydrogen) atoms. The van der Waals surface area contributed by atoms with E-state index in [1.54, 1.807) is 12.1 Å². The van der Waals surface area contributed by atoms with Crippen molar-refractivity contribution in [3.8, 4) is 11.3 Å². The molecule has 1 saturated carbocycles. The second-order valence-electron chi connectivity index (χ2n) is 6.75. The summed E-state index contributed by atoms with van der Waals surface area (Å²) in [5.41, 5.74) is 1.90. The zero-order valence-corrected chi connectivity index (χ0v) is 12.8. The predicted octanol–water partition coefficient (Wildman–Crippen LogP) is 3.52. The molecule has 1 unspecified atom stereocenters. The number of benzene rings is 1. The number of carbonyl (C=O) groups is 1. The third kappa shape index (κ3) is 3.03. The van der Waals surface area contributed by atoms with E-state index in [1.165, 1.54) is 18.3 Å². The van der Waals surface area contributed by atoms with Crippen LogP contribution in [0.25, 0.3) is 11.3 Å². The van der Waals surface area contributed by atoms with Gasteiger partial charge in [0.05, 0.1) is 17.5 Å². The maximum atomic E-state index is 13.4. The number of nitrogens with one attached hydrogen (secondary N) is 2. The first-order chi connectivity index (χ1) is 10.4. The van der Waals surface area contributed by atoms with Crippen molar-refractivity contribution in [1.82, 2.24) is 15.5 Å². The van der Waals surface area contributed by atoms with Crippen LogP contribution in [-0.4, -0.2) is 22.1 Å². The lowest BCUT2D eigenvalue weighted by atomic mass is 9.92. The monoisotopic (exact) mass is 301 g/mol. The first-order valence-electron chi connectivity index (χ1n) is 7.55. The molecule has 0 spiro atoms. The van der Waals surface area contributed by atoms with E-state index in [4.69, 9.17) is 0 Å². The van der Waals surface area contributed by atoms with Gasteiger partial charge in [0, 0.05) is 11.6 Å². The summed E-state index contributed by atoms with van der Waals surface area (Å²) in [6.07, 6.45) is 4.58. The number of halogens is 1. The molecule has 1 aliphatic carbocycles. The van der Waals surface area contributed by atoms with Crippen molar-refractivity contribution in [2.75, 3.05) is 0 Å². The van der Waals surface area contributed by atoms with Crippen LogP contribution in [0, 0.1) is 11.2 Å². The summed E-state index contributed by atoms with van der Waals surface area (Å²) in [7, 11) is 0. The summed E-state index contributed by atoms with van der Waals surface area (Å²) in [4.78, 5) is 12.5. The van der Waals surface area contributed by atoms with Gasteiger partial charge >= 0.3 is 0 Å². The number of rotatable bonds is 3. The zero-order chi connectivity index (χ0) is 15.7. The summed E-state index contributed by atoms with van der Waals surface area (Å²) in [5.74, 6) is -0.494. The second kappa shape index (κ2) is 5.55. The first-order valence-corrected chi connectivity index (χ1v) is 7.55. The SMILES string of the molecule is CC1(C)CCC(NC(=O)c2cn[nH]c2-c2cccc(F)c2)C1. The molecule has 0 bridgehead atoms. The van der Waals surface area contributed by atoms with Crippen molar-refractivity contribution in [3.63, 3.8) is 0 Å². The maximum Gasteiger partial charge on any atom is 0.255 e. The Bertz CT molecular complexity index is 693. The van der Waals surface area contributed by atoms with Gasteiger partial charge in [0.15, 0.2) is 0 Å². The molecule has 1 amide bonds. The molecular formula is C17H20FN3O. The van der Waals surface area contributed by atoms with Gasteiger partial charge in [-0.3, -0.25) is 9.89 Å². The number of H-pyrrole nitrogens is 1. The van der Waals surface area contributed by atoms with Crippen LogP contribution in [0.15, 0.2) is 30.5 Å². The fourth-order valence-corrected chi connectivity index (χ4v) is 3.14. The standard InChI is InChI=1S/C17H20FN3O/c1-17(2)7-6-13(9-17)20-16(22)14-10-19-21-15(14)11-4-3-5-12(18)8-11/h3-5,8,10,13H,6-7,9H2,1-2H3,(H,19,21)(H,20,22). The minimum Gasteiger partial charge on any atom is -0.349 e. The Balaban J connectivity index is 1.79. The molecule has 0 radical (unpaired) electrons. The summed E-state index contributed by atoms with van der Waals surface area (Å²) in [6, 6.07) is 6.33. The van der Waals surface area contributed by atoms with Gasteiger partial charge in [0.2, 0.25) is 0 Å². The van der Waals surface area contributed by atoms with Gasteiger partial charge in [-0.05, 0) is 36.8 Å². The molecule has 116 valence electrons. The van der Waals surface area contributed by atoms with Gasteiger partial charge < -0.3 is 5.32 Å². The maximum absolute atomic E-state index is 13.4. The zero-order valence-electron chi connectivity index (χ0n) is 12.8. The normalized spacial score (nSPS) is 20.0. The Kier molecular flexibility index (Phi) is 3.72. The lowest BCUT2D eigenvalue weighted by Crippen LogP contribution is -2.33. The molecule has 2 N–H and O–H groups in total. The van der Waals surface area contributed by atoms with Gasteiger partial charge in [-0.2, -0.15) is 5.10 Å². The van der Waals surface area contributed by atoms with Crippen LogP contribution >= 0.6 is 0 Å². The van der Waals surface area contributed by atoms with E-state index in [-0.39, 0.29) is 23.2 Å². The van der Waals surface area contributed by atoms with Crippen molar-refractivity contribution >= 4 is 5.91 Å². The van der Waals surface area contributed by atoms with Gasteiger partial charge in [-0.15, -0.1) is 0 Å². The molecule has 0 saturated heterocycles. The molecule has 5 heteroatoms. The largest absolute Gasteiger partial charge is 0.349 e. The highest BCUT2D eigenvalue weighted by Crippen LogP contribution is 2.37. The van der Waals surface area contributed by atoms with Crippen LogP contribution in [0.5, 0.6) is 0 Å². The molecule has 1 fully saturated rings. The number of aromatic nitrogens is 2. The molecule has 2 aromatic rings. The number of carbonyl (C=O) groups excluding carboxylic acids is 1. The topological polar surface area (TPSA) is 57.8 Å². The fourth-order valence-electron chi connectivity index (χ4n) is 3.14. The van der Waals surface area contributed by atoms with E-state index in [9.17, 15) is 9.18 Å². The van der Waals surface area contributed by atoms with Gasteiger partial charge in [0.25, 0.3) is 5.91 Å². The second-order valence-corrected chi connectivity index (χ2v) is 6.75. The van der Waals surface area contributed by atoms with Crippen molar-refractivity contribution in [2.24, 2.45) is 5.41 Å². The first kappa shape index (κ1) is 14.8. The van der Waals surface area contributed by atoms with Gasteiger partial charge in [0.1, 0.15) is 5.82 Å². The Morgan fingerprint density at radius 1 is 1.45 bits per heavy atom. The van der Waals surface area contributed by atoms with E-state index < -0.39 is 0 Å². The van der Waals surface area contributed by atoms with Crippen molar-refractivity contribution < 1.29 is 9.18 Å². The number of hydrogen-bond donors (Lipinski definition) is 2. The number of hydrogen-bond acceptors (Lipinski definition) is 2. The van der Waals surface area contributed by atoms with Crippen LogP contribution in [0.1, 0.15) is 43.5 Å². The van der Waals surface area contributed by atoms with E-state index in [2.05, 4.69) is 29.4 Å². The summed E-state index contributed by atoms with van der Waals surface area (Å²) in [5, 5.41) is 9.81. The molecule has 4 nitrogen and oxygen atoms in total. The van der Waals surface area contributed by atoms with Crippen LogP contribution in [0.2, 0.25) is 0 Å². The number of aromatic amines is 1. The van der Waals surface area contributed by atoms with Crippen LogP contribution in [-0.2, 0) is 0 Å². The number of nitrogens with zero attached hydrogens (tertiary/aromatic N) is 1. The molecule has 0 aliphatic heterocycles. The smallest absolute Gasteiger partial charge is 0.255 e. The molecule has 1 atom stereocenters. The van der Waals surface area contributed by atoms with Crippen LogP contribution in [0.3, 0.4) is 0 Å². The Morgan fingerprint density at radius 3 is 2.95 bits per heavy atom. The molecule has 1 heterocycles. The molecule has 1 aliphatic rings. The van der Waals surface area contributed by atoms with Crippen LogP contribution < -0.4 is 5.32 Å². The van der Waals surface area contributed by atoms with E-state index >= 15 is 0 Å². The predicted molar refractivity (Wildman–Crippen MR) is 82.9 cm³/mol.